The van der Waals surface area contributed by atoms with Gasteiger partial charge >= 0.3 is 6.03 Å². The van der Waals surface area contributed by atoms with E-state index in [-0.39, 0.29) is 12.1 Å². The standard InChI is InChI=1S/C24H26N2O/c1-3-18-16-11-17-19(4-2)22(18)25-24(27)26-23(20-12-7-5-8-13-20)21-14-9-6-10-15-21/h5-17,23H,3-4H2,1-2H3,(H2,25,26,27). The van der Waals surface area contributed by atoms with Crippen LogP contribution in [0.15, 0.2) is 78.9 Å². The smallest absolute Gasteiger partial charge is 0.320 e. The molecule has 3 rings (SSSR count). The maximum Gasteiger partial charge on any atom is 0.320 e. The molecule has 0 aliphatic rings. The van der Waals surface area contributed by atoms with Gasteiger partial charge in [-0.2, -0.15) is 0 Å². The Kier molecular flexibility index (Phi) is 6.26. The number of carbonyl (C=O) groups excluding carboxylic acids is 1. The number of anilines is 1. The lowest BCUT2D eigenvalue weighted by Crippen LogP contribution is -2.33. The SMILES string of the molecule is CCc1cccc(CC)c1NC(=O)NC(c1ccccc1)c1ccccc1. The zero-order valence-electron chi connectivity index (χ0n) is 15.9. The molecule has 138 valence electrons. The maximum absolute atomic E-state index is 12.9. The van der Waals surface area contributed by atoms with E-state index < -0.39 is 0 Å². The van der Waals surface area contributed by atoms with Crippen LogP contribution in [-0.4, -0.2) is 6.03 Å². The topological polar surface area (TPSA) is 41.1 Å². The highest BCUT2D eigenvalue weighted by atomic mass is 16.2. The van der Waals surface area contributed by atoms with Crippen LogP contribution in [0.25, 0.3) is 0 Å². The Bertz CT molecular complexity index is 814. The zero-order chi connectivity index (χ0) is 19.1. The van der Waals surface area contributed by atoms with Crippen LogP contribution in [0.4, 0.5) is 10.5 Å². The molecule has 0 aliphatic heterocycles. The molecule has 0 saturated carbocycles. The largest absolute Gasteiger partial charge is 0.327 e. The molecule has 0 spiro atoms. The number of para-hydroxylation sites is 1. The minimum absolute atomic E-state index is 0.191. The fourth-order valence-corrected chi connectivity index (χ4v) is 3.33. The van der Waals surface area contributed by atoms with Gasteiger partial charge in [-0.25, -0.2) is 4.79 Å². The van der Waals surface area contributed by atoms with Crippen LogP contribution < -0.4 is 10.6 Å². The lowest BCUT2D eigenvalue weighted by atomic mass is 9.99. The molecule has 0 unspecified atom stereocenters. The maximum atomic E-state index is 12.9. The van der Waals surface area contributed by atoms with Crippen LogP contribution in [0.3, 0.4) is 0 Å². The highest BCUT2D eigenvalue weighted by Gasteiger charge is 2.18. The summed E-state index contributed by atoms with van der Waals surface area (Å²) in [6, 6.07) is 25.9. The van der Waals surface area contributed by atoms with E-state index in [4.69, 9.17) is 0 Å². The summed E-state index contributed by atoms with van der Waals surface area (Å²) in [5.74, 6) is 0. The summed E-state index contributed by atoms with van der Waals surface area (Å²) in [5.41, 5.74) is 5.34. The lowest BCUT2D eigenvalue weighted by Gasteiger charge is -2.21. The minimum atomic E-state index is -0.203. The molecule has 0 radical (unpaired) electrons. The van der Waals surface area contributed by atoms with E-state index in [1.54, 1.807) is 0 Å². The number of benzene rings is 3. The number of hydrogen-bond acceptors (Lipinski definition) is 1. The number of amides is 2. The molecular weight excluding hydrogens is 332 g/mol. The Balaban J connectivity index is 1.86. The number of aryl methyl sites for hydroxylation is 2. The molecular formula is C24H26N2O. The first-order valence-electron chi connectivity index (χ1n) is 9.51. The zero-order valence-corrected chi connectivity index (χ0v) is 15.9. The van der Waals surface area contributed by atoms with Gasteiger partial charge in [0.25, 0.3) is 0 Å². The van der Waals surface area contributed by atoms with Crippen LogP contribution >= 0.6 is 0 Å². The first-order valence-corrected chi connectivity index (χ1v) is 9.51. The monoisotopic (exact) mass is 358 g/mol. The predicted molar refractivity (Wildman–Crippen MR) is 112 cm³/mol. The van der Waals surface area contributed by atoms with E-state index in [0.29, 0.717) is 0 Å². The first kappa shape index (κ1) is 18.7. The second-order valence-electron chi connectivity index (χ2n) is 6.51. The van der Waals surface area contributed by atoms with Crippen LogP contribution in [0.1, 0.15) is 42.1 Å². The van der Waals surface area contributed by atoms with Crippen molar-refractivity contribution in [2.24, 2.45) is 0 Å². The molecule has 3 nitrogen and oxygen atoms in total. The average molecular weight is 358 g/mol. The van der Waals surface area contributed by atoms with Crippen LogP contribution in [-0.2, 0) is 12.8 Å². The van der Waals surface area contributed by atoms with Gasteiger partial charge in [0.1, 0.15) is 0 Å². The Morgan fingerprint density at radius 1 is 0.741 bits per heavy atom. The quantitative estimate of drug-likeness (QED) is 0.581. The minimum Gasteiger partial charge on any atom is -0.327 e. The van der Waals surface area contributed by atoms with Crippen molar-refractivity contribution in [1.29, 1.82) is 0 Å². The van der Waals surface area contributed by atoms with E-state index in [1.807, 2.05) is 60.7 Å². The molecule has 0 atom stereocenters. The molecule has 3 heteroatoms. The average Bonchev–Trinajstić information content (AvgIpc) is 2.73. The van der Waals surface area contributed by atoms with Crippen molar-refractivity contribution in [3.63, 3.8) is 0 Å². The number of rotatable bonds is 6. The first-order chi connectivity index (χ1) is 13.2. The molecule has 0 fully saturated rings. The van der Waals surface area contributed by atoms with Crippen molar-refractivity contribution in [2.45, 2.75) is 32.7 Å². The van der Waals surface area contributed by atoms with Gasteiger partial charge in [0, 0.05) is 5.69 Å². The second-order valence-corrected chi connectivity index (χ2v) is 6.51. The fourth-order valence-electron chi connectivity index (χ4n) is 3.33. The predicted octanol–water partition coefficient (Wildman–Crippen LogP) is 5.72. The van der Waals surface area contributed by atoms with Crippen molar-refractivity contribution in [3.05, 3.63) is 101 Å². The summed E-state index contributed by atoms with van der Waals surface area (Å²) in [6.45, 7) is 4.21. The summed E-state index contributed by atoms with van der Waals surface area (Å²) in [6.07, 6.45) is 1.76. The Hall–Kier alpha value is -3.07. The Morgan fingerprint density at radius 2 is 1.22 bits per heavy atom. The van der Waals surface area contributed by atoms with E-state index in [0.717, 1.165) is 40.8 Å². The molecule has 2 N–H and O–H groups in total. The molecule has 0 bridgehead atoms. The van der Waals surface area contributed by atoms with Crippen LogP contribution in [0, 0.1) is 0 Å². The third-order valence-corrected chi connectivity index (χ3v) is 4.78. The van der Waals surface area contributed by atoms with Crippen LogP contribution in [0.5, 0.6) is 0 Å². The van der Waals surface area contributed by atoms with Crippen molar-refractivity contribution in [1.82, 2.24) is 5.32 Å². The number of hydrogen-bond donors (Lipinski definition) is 2. The van der Waals surface area contributed by atoms with Crippen LogP contribution in [0.2, 0.25) is 0 Å². The normalized spacial score (nSPS) is 10.6. The lowest BCUT2D eigenvalue weighted by molar-refractivity contribution is 0.250. The fraction of sp³-hybridized carbons (Fsp3) is 0.208. The van der Waals surface area contributed by atoms with Crippen molar-refractivity contribution in [3.8, 4) is 0 Å². The van der Waals surface area contributed by atoms with E-state index >= 15 is 0 Å². The third-order valence-electron chi connectivity index (χ3n) is 4.78. The van der Waals surface area contributed by atoms with Gasteiger partial charge in [0.2, 0.25) is 0 Å². The Labute approximate surface area is 161 Å². The number of nitrogens with one attached hydrogen (secondary N) is 2. The molecule has 0 aromatic heterocycles. The van der Waals surface area contributed by atoms with Gasteiger partial charge < -0.3 is 10.6 Å². The summed E-state index contributed by atoms with van der Waals surface area (Å²) >= 11 is 0. The van der Waals surface area contributed by atoms with Gasteiger partial charge in [-0.1, -0.05) is 92.7 Å². The summed E-state index contributed by atoms with van der Waals surface area (Å²) in [5, 5.41) is 6.25. The van der Waals surface area contributed by atoms with Gasteiger partial charge in [0.15, 0.2) is 0 Å². The van der Waals surface area contributed by atoms with E-state index in [2.05, 4.69) is 42.7 Å². The van der Waals surface area contributed by atoms with Crippen molar-refractivity contribution in [2.75, 3.05) is 5.32 Å². The molecule has 3 aromatic rings. The highest BCUT2D eigenvalue weighted by molar-refractivity contribution is 5.91. The second kappa shape index (κ2) is 9.04. The molecule has 0 saturated heterocycles. The number of carbonyl (C=O) groups is 1. The molecule has 0 aliphatic carbocycles. The Morgan fingerprint density at radius 3 is 1.67 bits per heavy atom. The summed E-state index contributed by atoms with van der Waals surface area (Å²) in [4.78, 5) is 12.9. The molecule has 3 aromatic carbocycles. The van der Waals surface area contributed by atoms with Gasteiger partial charge in [-0.05, 0) is 35.1 Å². The third kappa shape index (κ3) is 4.56. The van der Waals surface area contributed by atoms with Gasteiger partial charge in [-0.15, -0.1) is 0 Å². The highest BCUT2D eigenvalue weighted by Crippen LogP contribution is 2.24. The van der Waals surface area contributed by atoms with E-state index in [9.17, 15) is 4.79 Å². The molecule has 2 amide bonds. The number of urea groups is 1. The molecule has 27 heavy (non-hydrogen) atoms. The van der Waals surface area contributed by atoms with Crippen molar-refractivity contribution < 1.29 is 4.79 Å². The summed E-state index contributed by atoms with van der Waals surface area (Å²) < 4.78 is 0. The summed E-state index contributed by atoms with van der Waals surface area (Å²) in [7, 11) is 0. The van der Waals surface area contributed by atoms with Gasteiger partial charge in [0.05, 0.1) is 6.04 Å². The van der Waals surface area contributed by atoms with Gasteiger partial charge in [-0.3, -0.25) is 0 Å². The molecule has 0 heterocycles. The van der Waals surface area contributed by atoms with Crippen molar-refractivity contribution >= 4 is 11.7 Å². The van der Waals surface area contributed by atoms with E-state index in [1.165, 1.54) is 0 Å².